The van der Waals surface area contributed by atoms with Crippen LogP contribution < -0.4 is 0 Å². The number of thioether (sulfide) groups is 1. The van der Waals surface area contributed by atoms with Crippen molar-refractivity contribution in [3.05, 3.63) is 64.4 Å². The third-order valence-electron chi connectivity index (χ3n) is 2.86. The molecule has 3 nitrogen and oxygen atoms in total. The highest BCUT2D eigenvalue weighted by Gasteiger charge is 2.06. The molecule has 21 heavy (non-hydrogen) atoms. The highest BCUT2D eigenvalue weighted by Crippen LogP contribution is 2.23. The molecule has 0 saturated carbocycles. The molecule has 0 unspecified atom stereocenters. The van der Waals surface area contributed by atoms with Crippen molar-refractivity contribution in [3.63, 3.8) is 0 Å². The molecular weight excluding hydrogens is 353 g/mol. The van der Waals surface area contributed by atoms with Crippen LogP contribution in [0.1, 0.15) is 5.56 Å². The Morgan fingerprint density at radius 2 is 1.76 bits per heavy atom. The number of halogens is 2. The second-order valence-electron chi connectivity index (χ2n) is 4.39. The Bertz CT molecular complexity index is 725. The Labute approximate surface area is 134 Å². The molecule has 1 heterocycles. The monoisotopic (exact) mass is 363 g/mol. The number of aromatic nitrogens is 3. The lowest BCUT2D eigenvalue weighted by Crippen LogP contribution is -1.83. The Morgan fingerprint density at radius 1 is 1.05 bits per heavy atom. The molecule has 0 spiro atoms. The molecule has 0 bridgehead atoms. The van der Waals surface area contributed by atoms with Gasteiger partial charge < -0.3 is 0 Å². The zero-order valence-corrected chi connectivity index (χ0v) is 13.3. The summed E-state index contributed by atoms with van der Waals surface area (Å²) in [7, 11) is 0. The van der Waals surface area contributed by atoms with Gasteiger partial charge in [-0.05, 0) is 29.8 Å². The first-order chi connectivity index (χ1) is 10.2. The molecule has 0 amide bonds. The lowest BCUT2D eigenvalue weighted by Gasteiger charge is -1.98. The number of H-pyrrole nitrogens is 1. The van der Waals surface area contributed by atoms with Gasteiger partial charge in [-0.1, -0.05) is 52.0 Å². The van der Waals surface area contributed by atoms with Crippen LogP contribution in [0.2, 0.25) is 0 Å². The summed E-state index contributed by atoms with van der Waals surface area (Å²) in [6.45, 7) is 0. The van der Waals surface area contributed by atoms with Crippen LogP contribution in [0.4, 0.5) is 4.39 Å². The average Bonchev–Trinajstić information content (AvgIpc) is 2.96. The number of benzene rings is 2. The number of nitrogens with one attached hydrogen (secondary N) is 1. The topological polar surface area (TPSA) is 41.6 Å². The number of hydrogen-bond donors (Lipinski definition) is 1. The first kappa shape index (κ1) is 14.3. The summed E-state index contributed by atoms with van der Waals surface area (Å²) in [5, 5.41) is 7.80. The van der Waals surface area contributed by atoms with Crippen LogP contribution in [0, 0.1) is 5.82 Å². The summed E-state index contributed by atoms with van der Waals surface area (Å²) in [4.78, 5) is 4.45. The van der Waals surface area contributed by atoms with E-state index in [2.05, 4.69) is 31.1 Å². The zero-order valence-electron chi connectivity index (χ0n) is 10.9. The molecule has 1 aromatic heterocycles. The van der Waals surface area contributed by atoms with E-state index < -0.39 is 0 Å². The van der Waals surface area contributed by atoms with Gasteiger partial charge in [0.2, 0.25) is 5.16 Å². The van der Waals surface area contributed by atoms with E-state index in [0.717, 1.165) is 21.4 Å². The Hall–Kier alpha value is -1.66. The maximum absolute atomic E-state index is 12.8. The number of rotatable bonds is 4. The Kier molecular flexibility index (Phi) is 4.36. The first-order valence-electron chi connectivity index (χ1n) is 6.26. The van der Waals surface area contributed by atoms with Crippen LogP contribution in [0.5, 0.6) is 0 Å². The summed E-state index contributed by atoms with van der Waals surface area (Å²) >= 11 is 4.91. The second-order valence-corrected chi connectivity index (χ2v) is 6.25. The molecule has 6 heteroatoms. The minimum atomic E-state index is -0.223. The van der Waals surface area contributed by atoms with Crippen LogP contribution in [0.3, 0.4) is 0 Å². The molecule has 1 N–H and O–H groups in total. The van der Waals surface area contributed by atoms with E-state index in [0.29, 0.717) is 10.9 Å². The molecule has 3 rings (SSSR count). The molecule has 0 aliphatic carbocycles. The number of hydrogen-bond acceptors (Lipinski definition) is 3. The summed E-state index contributed by atoms with van der Waals surface area (Å²) in [5.41, 5.74) is 2.02. The van der Waals surface area contributed by atoms with E-state index in [4.69, 9.17) is 0 Å². The highest BCUT2D eigenvalue weighted by atomic mass is 79.9. The quantitative estimate of drug-likeness (QED) is 0.685. The van der Waals surface area contributed by atoms with Crippen molar-refractivity contribution in [1.29, 1.82) is 0 Å². The summed E-state index contributed by atoms with van der Waals surface area (Å²) in [6, 6.07) is 14.3. The van der Waals surface area contributed by atoms with Crippen molar-refractivity contribution in [2.75, 3.05) is 0 Å². The van der Waals surface area contributed by atoms with Gasteiger partial charge in [-0.3, -0.25) is 5.10 Å². The molecule has 0 saturated heterocycles. The fraction of sp³-hybridized carbons (Fsp3) is 0.0667. The van der Waals surface area contributed by atoms with Crippen molar-refractivity contribution >= 4 is 27.7 Å². The third-order valence-corrected chi connectivity index (χ3v) is 4.31. The Morgan fingerprint density at radius 3 is 2.48 bits per heavy atom. The molecule has 0 radical (unpaired) electrons. The molecule has 2 aromatic carbocycles. The molecule has 0 fully saturated rings. The lowest BCUT2D eigenvalue weighted by molar-refractivity contribution is 0.627. The van der Waals surface area contributed by atoms with E-state index in [1.54, 1.807) is 12.1 Å². The van der Waals surface area contributed by atoms with Gasteiger partial charge in [0, 0.05) is 15.8 Å². The van der Waals surface area contributed by atoms with Crippen molar-refractivity contribution in [3.8, 4) is 11.4 Å². The predicted octanol–water partition coefficient (Wildman–Crippen LogP) is 4.67. The van der Waals surface area contributed by atoms with Crippen LogP contribution in [-0.4, -0.2) is 15.2 Å². The standard InChI is InChI=1S/C15H11BrFN3S/c16-12-5-3-11(4-6-12)14-18-15(20-19-14)21-9-10-1-7-13(17)8-2-10/h1-8H,9H2,(H,18,19,20). The van der Waals surface area contributed by atoms with Crippen molar-refractivity contribution in [1.82, 2.24) is 15.2 Å². The Balaban J connectivity index is 1.67. The minimum Gasteiger partial charge on any atom is -0.258 e. The van der Waals surface area contributed by atoms with E-state index in [1.807, 2.05) is 24.3 Å². The third kappa shape index (κ3) is 3.71. The van der Waals surface area contributed by atoms with Crippen LogP contribution in [0.15, 0.2) is 58.2 Å². The maximum Gasteiger partial charge on any atom is 0.209 e. The lowest BCUT2D eigenvalue weighted by atomic mass is 10.2. The zero-order chi connectivity index (χ0) is 14.7. The van der Waals surface area contributed by atoms with Gasteiger partial charge in [0.25, 0.3) is 0 Å². The molecule has 0 atom stereocenters. The van der Waals surface area contributed by atoms with Gasteiger partial charge in [0.15, 0.2) is 5.82 Å². The van der Waals surface area contributed by atoms with Crippen LogP contribution >= 0.6 is 27.7 Å². The second kappa shape index (κ2) is 6.41. The van der Waals surface area contributed by atoms with E-state index in [-0.39, 0.29) is 5.82 Å². The van der Waals surface area contributed by atoms with Crippen molar-refractivity contribution in [2.45, 2.75) is 10.9 Å². The molecule has 0 aliphatic rings. The molecule has 3 aromatic rings. The summed E-state index contributed by atoms with van der Waals surface area (Å²) in [5.74, 6) is 1.22. The summed E-state index contributed by atoms with van der Waals surface area (Å²) in [6.07, 6.45) is 0. The molecule has 0 aliphatic heterocycles. The van der Waals surface area contributed by atoms with E-state index in [9.17, 15) is 4.39 Å². The smallest absolute Gasteiger partial charge is 0.209 e. The average molecular weight is 364 g/mol. The maximum atomic E-state index is 12.8. The van der Waals surface area contributed by atoms with Gasteiger partial charge >= 0.3 is 0 Å². The normalized spacial score (nSPS) is 10.8. The van der Waals surface area contributed by atoms with Crippen molar-refractivity contribution < 1.29 is 4.39 Å². The minimum absolute atomic E-state index is 0.223. The van der Waals surface area contributed by atoms with E-state index in [1.165, 1.54) is 23.9 Å². The summed E-state index contributed by atoms with van der Waals surface area (Å²) < 4.78 is 13.9. The van der Waals surface area contributed by atoms with E-state index >= 15 is 0 Å². The number of nitrogens with zero attached hydrogens (tertiary/aromatic N) is 2. The van der Waals surface area contributed by atoms with Gasteiger partial charge in [0.1, 0.15) is 5.82 Å². The van der Waals surface area contributed by atoms with Gasteiger partial charge in [-0.25, -0.2) is 9.37 Å². The van der Waals surface area contributed by atoms with Gasteiger partial charge in [-0.2, -0.15) is 0 Å². The SMILES string of the molecule is Fc1ccc(CSc2n[nH]c(-c3ccc(Br)cc3)n2)cc1. The van der Waals surface area contributed by atoms with Gasteiger partial charge in [0.05, 0.1) is 0 Å². The number of aromatic amines is 1. The fourth-order valence-electron chi connectivity index (χ4n) is 1.78. The van der Waals surface area contributed by atoms with Gasteiger partial charge in [-0.15, -0.1) is 5.10 Å². The fourth-order valence-corrected chi connectivity index (χ4v) is 2.79. The highest BCUT2D eigenvalue weighted by molar-refractivity contribution is 9.10. The van der Waals surface area contributed by atoms with Crippen LogP contribution in [0.25, 0.3) is 11.4 Å². The molecule has 106 valence electrons. The predicted molar refractivity (Wildman–Crippen MR) is 85.5 cm³/mol. The molecular formula is C15H11BrFN3S. The van der Waals surface area contributed by atoms with Crippen molar-refractivity contribution in [2.24, 2.45) is 0 Å². The first-order valence-corrected chi connectivity index (χ1v) is 8.04. The van der Waals surface area contributed by atoms with Crippen LogP contribution in [-0.2, 0) is 5.75 Å². The largest absolute Gasteiger partial charge is 0.258 e.